The van der Waals surface area contributed by atoms with E-state index < -0.39 is 5.91 Å². The molecule has 0 atom stereocenters. The minimum atomic E-state index is -0.570. The number of aryl methyl sites for hydroxylation is 2. The molecule has 0 saturated heterocycles. The predicted octanol–water partition coefficient (Wildman–Crippen LogP) is 0.361. The first-order valence-electron chi connectivity index (χ1n) is 4.95. The van der Waals surface area contributed by atoms with Gasteiger partial charge in [-0.2, -0.15) is 5.10 Å². The first kappa shape index (κ1) is 11.1. The molecule has 3 N–H and O–H groups in total. The zero-order chi connectivity index (χ0) is 12.4. The van der Waals surface area contributed by atoms with Crippen molar-refractivity contribution in [2.24, 2.45) is 12.8 Å². The molecule has 0 saturated carbocycles. The van der Waals surface area contributed by atoms with Crippen LogP contribution in [0.15, 0.2) is 18.6 Å². The number of carbonyl (C=O) groups is 1. The van der Waals surface area contributed by atoms with Crippen molar-refractivity contribution in [3.63, 3.8) is 0 Å². The Hall–Kier alpha value is -2.44. The van der Waals surface area contributed by atoms with Crippen molar-refractivity contribution in [1.29, 1.82) is 0 Å². The topological polar surface area (TPSA) is 98.7 Å². The Kier molecular flexibility index (Phi) is 2.73. The van der Waals surface area contributed by atoms with Crippen LogP contribution in [0.1, 0.15) is 16.1 Å². The first-order chi connectivity index (χ1) is 8.06. The third kappa shape index (κ3) is 2.39. The van der Waals surface area contributed by atoms with Crippen LogP contribution in [0.25, 0.3) is 0 Å². The molecule has 0 fully saturated rings. The number of amides is 1. The molecule has 2 aromatic rings. The monoisotopic (exact) mass is 232 g/mol. The fourth-order valence-electron chi connectivity index (χ4n) is 1.37. The zero-order valence-electron chi connectivity index (χ0n) is 9.51. The summed E-state index contributed by atoms with van der Waals surface area (Å²) in [7, 11) is 1.80. The highest BCUT2D eigenvalue weighted by Crippen LogP contribution is 2.12. The lowest BCUT2D eigenvalue weighted by molar-refractivity contribution is 0.0995. The van der Waals surface area contributed by atoms with Gasteiger partial charge in [-0.05, 0) is 12.5 Å². The van der Waals surface area contributed by atoms with Gasteiger partial charge >= 0.3 is 0 Å². The minimum absolute atomic E-state index is 0.214. The number of primary amides is 1. The van der Waals surface area contributed by atoms with Crippen molar-refractivity contribution >= 4 is 17.5 Å². The maximum Gasteiger partial charge on any atom is 0.267 e. The lowest BCUT2D eigenvalue weighted by atomic mass is 10.2. The van der Waals surface area contributed by atoms with Crippen LogP contribution < -0.4 is 11.1 Å². The second-order valence-corrected chi connectivity index (χ2v) is 3.62. The number of hydrogen-bond donors (Lipinski definition) is 2. The number of anilines is 2. The van der Waals surface area contributed by atoms with Crippen LogP contribution in [0.3, 0.4) is 0 Å². The summed E-state index contributed by atoms with van der Waals surface area (Å²) in [5.74, 6) is -0.253. The van der Waals surface area contributed by atoms with Crippen molar-refractivity contribution in [2.45, 2.75) is 6.92 Å². The molecule has 0 bridgehead atoms. The Morgan fingerprint density at radius 3 is 2.82 bits per heavy atom. The van der Waals surface area contributed by atoms with Crippen LogP contribution in [0.2, 0.25) is 0 Å². The Bertz CT molecular complexity index is 562. The van der Waals surface area contributed by atoms with Gasteiger partial charge < -0.3 is 11.1 Å². The standard InChI is InChI=1S/C10H12N6O/c1-6-3-12-10(15-8(6)9(11)17)14-7-4-13-16(2)5-7/h3-5H,1-2H3,(H2,11,17)(H,12,14,15). The van der Waals surface area contributed by atoms with E-state index in [9.17, 15) is 4.79 Å². The molecule has 0 aliphatic heterocycles. The van der Waals surface area contributed by atoms with Crippen LogP contribution in [0, 0.1) is 6.92 Å². The molecule has 0 aliphatic carbocycles. The van der Waals surface area contributed by atoms with Crippen molar-refractivity contribution in [3.8, 4) is 0 Å². The summed E-state index contributed by atoms with van der Waals surface area (Å²) in [6.45, 7) is 1.73. The smallest absolute Gasteiger partial charge is 0.267 e. The molecule has 2 aromatic heterocycles. The van der Waals surface area contributed by atoms with Crippen molar-refractivity contribution in [3.05, 3.63) is 29.8 Å². The quantitative estimate of drug-likeness (QED) is 0.796. The van der Waals surface area contributed by atoms with E-state index in [-0.39, 0.29) is 5.69 Å². The SMILES string of the molecule is Cc1cnc(Nc2cnn(C)c2)nc1C(N)=O. The lowest BCUT2D eigenvalue weighted by Crippen LogP contribution is -2.16. The van der Waals surface area contributed by atoms with E-state index in [1.54, 1.807) is 37.2 Å². The predicted molar refractivity (Wildman–Crippen MR) is 61.8 cm³/mol. The van der Waals surface area contributed by atoms with Crippen molar-refractivity contribution in [2.75, 3.05) is 5.32 Å². The molecule has 0 radical (unpaired) electrons. The van der Waals surface area contributed by atoms with E-state index >= 15 is 0 Å². The number of aromatic nitrogens is 4. The van der Waals surface area contributed by atoms with Crippen molar-refractivity contribution < 1.29 is 4.79 Å². The summed E-state index contributed by atoms with van der Waals surface area (Å²) in [6.07, 6.45) is 4.95. The molecule has 1 amide bonds. The average molecular weight is 232 g/mol. The third-order valence-electron chi connectivity index (χ3n) is 2.17. The molecule has 2 rings (SSSR count). The van der Waals surface area contributed by atoms with E-state index in [2.05, 4.69) is 20.4 Å². The van der Waals surface area contributed by atoms with E-state index in [0.29, 0.717) is 11.5 Å². The maximum absolute atomic E-state index is 11.1. The summed E-state index contributed by atoms with van der Waals surface area (Å²) in [5, 5.41) is 6.93. The Balaban J connectivity index is 2.28. The second-order valence-electron chi connectivity index (χ2n) is 3.62. The highest BCUT2D eigenvalue weighted by atomic mass is 16.1. The summed E-state index contributed by atoms with van der Waals surface area (Å²) in [5.41, 5.74) is 6.81. The Morgan fingerprint density at radius 2 is 2.24 bits per heavy atom. The minimum Gasteiger partial charge on any atom is -0.364 e. The molecule has 7 nitrogen and oxygen atoms in total. The highest BCUT2D eigenvalue weighted by Gasteiger charge is 2.09. The fraction of sp³-hybridized carbons (Fsp3) is 0.200. The molecule has 0 spiro atoms. The largest absolute Gasteiger partial charge is 0.364 e. The van der Waals surface area contributed by atoms with E-state index in [4.69, 9.17) is 5.73 Å². The zero-order valence-corrected chi connectivity index (χ0v) is 9.51. The highest BCUT2D eigenvalue weighted by molar-refractivity contribution is 5.92. The van der Waals surface area contributed by atoms with Crippen molar-refractivity contribution in [1.82, 2.24) is 19.7 Å². The number of nitrogens with one attached hydrogen (secondary N) is 1. The average Bonchev–Trinajstić information content (AvgIpc) is 2.66. The van der Waals surface area contributed by atoms with Crippen LogP contribution >= 0.6 is 0 Å². The van der Waals surface area contributed by atoms with Crippen LogP contribution in [0.4, 0.5) is 11.6 Å². The fourth-order valence-corrected chi connectivity index (χ4v) is 1.37. The summed E-state index contributed by atoms with van der Waals surface area (Å²) in [6, 6.07) is 0. The molecular formula is C10H12N6O. The van der Waals surface area contributed by atoms with Gasteiger partial charge in [0.1, 0.15) is 5.69 Å². The van der Waals surface area contributed by atoms with Gasteiger partial charge in [-0.15, -0.1) is 0 Å². The van der Waals surface area contributed by atoms with Gasteiger partial charge in [0, 0.05) is 19.4 Å². The summed E-state index contributed by atoms with van der Waals surface area (Å²) >= 11 is 0. The number of nitrogens with zero attached hydrogens (tertiary/aromatic N) is 4. The van der Waals surface area contributed by atoms with Gasteiger partial charge in [0.25, 0.3) is 5.91 Å². The number of hydrogen-bond acceptors (Lipinski definition) is 5. The number of rotatable bonds is 3. The van der Waals surface area contributed by atoms with Gasteiger partial charge in [-0.3, -0.25) is 9.48 Å². The summed E-state index contributed by atoms with van der Waals surface area (Å²) in [4.78, 5) is 19.2. The Labute approximate surface area is 97.7 Å². The molecule has 2 heterocycles. The van der Waals surface area contributed by atoms with Crippen LogP contribution in [0.5, 0.6) is 0 Å². The van der Waals surface area contributed by atoms with E-state index in [1.807, 2.05) is 0 Å². The molecule has 17 heavy (non-hydrogen) atoms. The first-order valence-corrected chi connectivity index (χ1v) is 4.95. The van der Waals surface area contributed by atoms with Gasteiger partial charge in [0.15, 0.2) is 0 Å². The molecule has 7 heteroatoms. The van der Waals surface area contributed by atoms with Gasteiger partial charge in [0.2, 0.25) is 5.95 Å². The van der Waals surface area contributed by atoms with Gasteiger partial charge in [-0.25, -0.2) is 9.97 Å². The van der Waals surface area contributed by atoms with Crippen LogP contribution in [-0.2, 0) is 7.05 Å². The Morgan fingerprint density at radius 1 is 1.47 bits per heavy atom. The molecule has 0 unspecified atom stereocenters. The lowest BCUT2D eigenvalue weighted by Gasteiger charge is -2.04. The van der Waals surface area contributed by atoms with Crippen LogP contribution in [-0.4, -0.2) is 25.7 Å². The normalized spacial score (nSPS) is 10.2. The maximum atomic E-state index is 11.1. The third-order valence-corrected chi connectivity index (χ3v) is 2.17. The van der Waals surface area contributed by atoms with E-state index in [1.165, 1.54) is 0 Å². The van der Waals surface area contributed by atoms with Gasteiger partial charge in [-0.1, -0.05) is 0 Å². The number of nitrogens with two attached hydrogens (primary N) is 1. The number of carbonyl (C=O) groups excluding carboxylic acids is 1. The van der Waals surface area contributed by atoms with E-state index in [0.717, 1.165) is 5.69 Å². The molecule has 88 valence electrons. The molecule has 0 aromatic carbocycles. The molecule has 0 aliphatic rings. The second kappa shape index (κ2) is 4.20. The molecular weight excluding hydrogens is 220 g/mol. The summed E-state index contributed by atoms with van der Waals surface area (Å²) < 4.78 is 1.64. The van der Waals surface area contributed by atoms with Gasteiger partial charge in [0.05, 0.1) is 11.9 Å².